The summed E-state index contributed by atoms with van der Waals surface area (Å²) in [5, 5.41) is 0. The number of carbonyl (C=O) groups excluding carboxylic acids is 1. The highest BCUT2D eigenvalue weighted by atomic mass is 16.5. The lowest BCUT2D eigenvalue weighted by Crippen LogP contribution is -2.30. The van der Waals surface area contributed by atoms with Gasteiger partial charge in [-0.1, -0.05) is 13.3 Å². The van der Waals surface area contributed by atoms with Gasteiger partial charge in [0.25, 0.3) is 0 Å². The minimum atomic E-state index is -0.120. The third-order valence-corrected chi connectivity index (χ3v) is 2.44. The standard InChI is InChI=1S/C10H19NO2/c1-2-4-8(11)7-10(12)13-9-5-3-6-9/h8-9H,2-7,11H2,1H3. The molecule has 0 amide bonds. The van der Waals surface area contributed by atoms with Crippen molar-refractivity contribution in [3.05, 3.63) is 0 Å². The van der Waals surface area contributed by atoms with Crippen LogP contribution >= 0.6 is 0 Å². The molecule has 1 atom stereocenters. The van der Waals surface area contributed by atoms with Crippen LogP contribution in [0, 0.1) is 0 Å². The molecular formula is C10H19NO2. The predicted octanol–water partition coefficient (Wildman–Crippen LogP) is 1.60. The molecule has 2 N–H and O–H groups in total. The molecule has 0 radical (unpaired) electrons. The highest BCUT2D eigenvalue weighted by Crippen LogP contribution is 2.22. The molecule has 0 saturated heterocycles. The summed E-state index contributed by atoms with van der Waals surface area (Å²) < 4.78 is 5.18. The summed E-state index contributed by atoms with van der Waals surface area (Å²) in [4.78, 5) is 11.2. The number of hydrogen-bond donors (Lipinski definition) is 1. The number of nitrogens with two attached hydrogens (primary N) is 1. The molecule has 0 aromatic carbocycles. The van der Waals surface area contributed by atoms with Gasteiger partial charge < -0.3 is 10.5 Å². The van der Waals surface area contributed by atoms with Gasteiger partial charge in [0.2, 0.25) is 0 Å². The van der Waals surface area contributed by atoms with Crippen LogP contribution in [0.25, 0.3) is 0 Å². The molecule has 1 unspecified atom stereocenters. The Kier molecular flexibility index (Phi) is 4.22. The summed E-state index contributed by atoms with van der Waals surface area (Å²) in [6.07, 6.45) is 5.77. The lowest BCUT2D eigenvalue weighted by molar-refractivity contribution is -0.153. The Morgan fingerprint density at radius 3 is 2.77 bits per heavy atom. The normalized spacial score (nSPS) is 19.2. The second-order valence-corrected chi connectivity index (χ2v) is 3.80. The van der Waals surface area contributed by atoms with Crippen molar-refractivity contribution in [1.82, 2.24) is 0 Å². The Balaban J connectivity index is 2.08. The van der Waals surface area contributed by atoms with Gasteiger partial charge in [0.15, 0.2) is 0 Å². The Hall–Kier alpha value is -0.570. The smallest absolute Gasteiger partial charge is 0.307 e. The largest absolute Gasteiger partial charge is 0.462 e. The molecule has 1 fully saturated rings. The Morgan fingerprint density at radius 1 is 1.62 bits per heavy atom. The minimum Gasteiger partial charge on any atom is -0.462 e. The Bertz CT molecular complexity index is 166. The molecule has 0 aromatic heterocycles. The maximum atomic E-state index is 11.2. The van der Waals surface area contributed by atoms with E-state index in [0.717, 1.165) is 25.7 Å². The first-order valence-corrected chi connectivity index (χ1v) is 5.17. The van der Waals surface area contributed by atoms with Crippen LogP contribution in [0.15, 0.2) is 0 Å². The van der Waals surface area contributed by atoms with Gasteiger partial charge in [-0.3, -0.25) is 4.79 Å². The van der Waals surface area contributed by atoms with E-state index < -0.39 is 0 Å². The number of rotatable bonds is 5. The molecule has 0 bridgehead atoms. The Labute approximate surface area is 79.6 Å². The molecule has 3 heteroatoms. The Morgan fingerprint density at radius 2 is 2.31 bits per heavy atom. The SMILES string of the molecule is CCCC(N)CC(=O)OC1CCC1. The maximum Gasteiger partial charge on any atom is 0.307 e. The summed E-state index contributed by atoms with van der Waals surface area (Å²) in [6.45, 7) is 2.07. The van der Waals surface area contributed by atoms with Gasteiger partial charge in [-0.25, -0.2) is 0 Å². The van der Waals surface area contributed by atoms with E-state index >= 15 is 0 Å². The lowest BCUT2D eigenvalue weighted by atomic mass is 9.96. The van der Waals surface area contributed by atoms with Gasteiger partial charge in [0, 0.05) is 6.04 Å². The topological polar surface area (TPSA) is 52.3 Å². The van der Waals surface area contributed by atoms with Gasteiger partial charge in [0.05, 0.1) is 6.42 Å². The molecule has 1 saturated carbocycles. The van der Waals surface area contributed by atoms with Gasteiger partial charge in [-0.2, -0.15) is 0 Å². The van der Waals surface area contributed by atoms with Crippen LogP contribution in [0.4, 0.5) is 0 Å². The monoisotopic (exact) mass is 185 g/mol. The first-order chi connectivity index (χ1) is 6.22. The number of esters is 1. The highest BCUT2D eigenvalue weighted by Gasteiger charge is 2.22. The van der Waals surface area contributed by atoms with E-state index in [4.69, 9.17) is 10.5 Å². The van der Waals surface area contributed by atoms with Crippen LogP contribution in [0.5, 0.6) is 0 Å². The number of ether oxygens (including phenoxy) is 1. The quantitative estimate of drug-likeness (QED) is 0.662. The molecule has 1 aliphatic rings. The molecule has 76 valence electrons. The van der Waals surface area contributed by atoms with Gasteiger partial charge in [0.1, 0.15) is 6.10 Å². The second kappa shape index (κ2) is 5.22. The van der Waals surface area contributed by atoms with Crippen molar-refractivity contribution in [2.45, 2.75) is 57.6 Å². The van der Waals surface area contributed by atoms with Crippen molar-refractivity contribution >= 4 is 5.97 Å². The highest BCUT2D eigenvalue weighted by molar-refractivity contribution is 5.70. The number of carbonyl (C=O) groups is 1. The van der Waals surface area contributed by atoms with E-state index in [1.165, 1.54) is 6.42 Å². The summed E-state index contributed by atoms with van der Waals surface area (Å²) >= 11 is 0. The fourth-order valence-electron chi connectivity index (χ4n) is 1.41. The molecule has 13 heavy (non-hydrogen) atoms. The summed E-state index contributed by atoms with van der Waals surface area (Å²) in [5.74, 6) is -0.120. The number of hydrogen-bond acceptors (Lipinski definition) is 3. The van der Waals surface area contributed by atoms with Crippen molar-refractivity contribution in [3.8, 4) is 0 Å². The average Bonchev–Trinajstić information content (AvgIpc) is 1.97. The molecule has 1 rings (SSSR count). The summed E-state index contributed by atoms with van der Waals surface area (Å²) in [5.41, 5.74) is 5.72. The van der Waals surface area contributed by atoms with E-state index in [9.17, 15) is 4.79 Å². The van der Waals surface area contributed by atoms with Crippen molar-refractivity contribution < 1.29 is 9.53 Å². The van der Waals surface area contributed by atoms with Crippen LogP contribution in [0.2, 0.25) is 0 Å². The predicted molar refractivity (Wildman–Crippen MR) is 51.2 cm³/mol. The molecule has 0 aliphatic heterocycles. The van der Waals surface area contributed by atoms with Crippen LogP contribution in [0.1, 0.15) is 45.4 Å². The zero-order valence-corrected chi connectivity index (χ0v) is 8.29. The minimum absolute atomic E-state index is 0.0161. The van der Waals surface area contributed by atoms with E-state index in [-0.39, 0.29) is 18.1 Å². The zero-order valence-electron chi connectivity index (χ0n) is 8.29. The first-order valence-electron chi connectivity index (χ1n) is 5.17. The summed E-state index contributed by atoms with van der Waals surface area (Å²) in [6, 6.07) is -0.0161. The second-order valence-electron chi connectivity index (χ2n) is 3.80. The molecular weight excluding hydrogens is 166 g/mol. The van der Waals surface area contributed by atoms with Crippen LogP contribution < -0.4 is 5.73 Å². The zero-order chi connectivity index (χ0) is 9.68. The lowest BCUT2D eigenvalue weighted by Gasteiger charge is -2.25. The molecule has 3 nitrogen and oxygen atoms in total. The van der Waals surface area contributed by atoms with Gasteiger partial charge in [-0.05, 0) is 25.7 Å². The van der Waals surface area contributed by atoms with Crippen LogP contribution in [-0.4, -0.2) is 18.1 Å². The van der Waals surface area contributed by atoms with Crippen LogP contribution in [0.3, 0.4) is 0 Å². The van der Waals surface area contributed by atoms with E-state index in [2.05, 4.69) is 6.92 Å². The fraction of sp³-hybridized carbons (Fsp3) is 0.900. The van der Waals surface area contributed by atoms with E-state index in [0.29, 0.717) is 6.42 Å². The van der Waals surface area contributed by atoms with E-state index in [1.807, 2.05) is 0 Å². The molecule has 0 heterocycles. The van der Waals surface area contributed by atoms with Crippen molar-refractivity contribution in [2.24, 2.45) is 5.73 Å². The molecule has 0 aromatic rings. The molecule has 1 aliphatic carbocycles. The average molecular weight is 185 g/mol. The van der Waals surface area contributed by atoms with Gasteiger partial charge in [-0.15, -0.1) is 0 Å². The van der Waals surface area contributed by atoms with Crippen molar-refractivity contribution in [2.75, 3.05) is 0 Å². The molecule has 0 spiro atoms. The maximum absolute atomic E-state index is 11.2. The van der Waals surface area contributed by atoms with Gasteiger partial charge >= 0.3 is 5.97 Å². The van der Waals surface area contributed by atoms with E-state index in [1.54, 1.807) is 0 Å². The first kappa shape index (κ1) is 10.5. The third-order valence-electron chi connectivity index (χ3n) is 2.44. The fourth-order valence-corrected chi connectivity index (χ4v) is 1.41. The third kappa shape index (κ3) is 3.77. The van der Waals surface area contributed by atoms with Crippen LogP contribution in [-0.2, 0) is 9.53 Å². The van der Waals surface area contributed by atoms with Crippen molar-refractivity contribution in [1.29, 1.82) is 0 Å². The summed E-state index contributed by atoms with van der Waals surface area (Å²) in [7, 11) is 0. The van der Waals surface area contributed by atoms with Crippen molar-refractivity contribution in [3.63, 3.8) is 0 Å².